The topological polar surface area (TPSA) is 41.8 Å². The first-order valence-corrected chi connectivity index (χ1v) is 5.60. The SMILES string of the molecule is NC1(CCc2ccc3cc[nH]c3c2)CC1. The van der Waals surface area contributed by atoms with Crippen LogP contribution in [0, 0.1) is 0 Å². The second-order valence-electron chi connectivity index (χ2n) is 4.76. The molecule has 0 radical (unpaired) electrons. The van der Waals surface area contributed by atoms with E-state index in [9.17, 15) is 0 Å². The summed E-state index contributed by atoms with van der Waals surface area (Å²) in [6, 6.07) is 8.73. The second kappa shape index (κ2) is 3.11. The summed E-state index contributed by atoms with van der Waals surface area (Å²) in [7, 11) is 0. The molecular formula is C13H16N2. The molecule has 78 valence electrons. The summed E-state index contributed by atoms with van der Waals surface area (Å²) < 4.78 is 0. The van der Waals surface area contributed by atoms with Crippen molar-refractivity contribution >= 4 is 10.9 Å². The summed E-state index contributed by atoms with van der Waals surface area (Å²) >= 11 is 0. The van der Waals surface area contributed by atoms with Gasteiger partial charge < -0.3 is 10.7 Å². The minimum Gasteiger partial charge on any atom is -0.361 e. The average molecular weight is 200 g/mol. The normalized spacial score (nSPS) is 18.2. The molecular weight excluding hydrogens is 184 g/mol. The van der Waals surface area contributed by atoms with E-state index < -0.39 is 0 Å². The van der Waals surface area contributed by atoms with Gasteiger partial charge in [-0.05, 0) is 48.8 Å². The molecule has 0 saturated heterocycles. The second-order valence-corrected chi connectivity index (χ2v) is 4.76. The molecule has 1 aliphatic carbocycles. The number of fused-ring (bicyclic) bond motifs is 1. The first-order valence-electron chi connectivity index (χ1n) is 5.60. The van der Waals surface area contributed by atoms with Crippen LogP contribution in [0.4, 0.5) is 0 Å². The number of benzene rings is 1. The zero-order valence-corrected chi connectivity index (χ0v) is 8.79. The lowest BCUT2D eigenvalue weighted by Gasteiger charge is -2.07. The van der Waals surface area contributed by atoms with Crippen LogP contribution in [0.5, 0.6) is 0 Å². The van der Waals surface area contributed by atoms with Crippen LogP contribution in [0.15, 0.2) is 30.5 Å². The van der Waals surface area contributed by atoms with Crippen LogP contribution in [0.1, 0.15) is 24.8 Å². The average Bonchev–Trinajstić information content (AvgIpc) is 2.80. The number of nitrogens with two attached hydrogens (primary N) is 1. The Kier molecular flexibility index (Phi) is 1.86. The molecule has 3 rings (SSSR count). The van der Waals surface area contributed by atoms with Gasteiger partial charge in [0.05, 0.1) is 0 Å². The van der Waals surface area contributed by atoms with Gasteiger partial charge in [0, 0.05) is 17.3 Å². The Morgan fingerprint density at radius 3 is 2.93 bits per heavy atom. The maximum Gasteiger partial charge on any atom is 0.0456 e. The number of hydrogen-bond donors (Lipinski definition) is 2. The summed E-state index contributed by atoms with van der Waals surface area (Å²) in [5, 5.41) is 1.28. The molecule has 1 heterocycles. The van der Waals surface area contributed by atoms with Crippen molar-refractivity contribution < 1.29 is 0 Å². The maximum absolute atomic E-state index is 6.08. The van der Waals surface area contributed by atoms with Gasteiger partial charge in [-0.1, -0.05) is 12.1 Å². The third-order valence-electron chi connectivity index (χ3n) is 3.42. The summed E-state index contributed by atoms with van der Waals surface area (Å²) in [6.45, 7) is 0. The first kappa shape index (κ1) is 8.98. The van der Waals surface area contributed by atoms with E-state index in [1.165, 1.54) is 29.3 Å². The molecule has 1 aromatic carbocycles. The van der Waals surface area contributed by atoms with Gasteiger partial charge in [0.1, 0.15) is 0 Å². The van der Waals surface area contributed by atoms with E-state index in [4.69, 9.17) is 5.73 Å². The number of rotatable bonds is 3. The molecule has 0 unspecified atom stereocenters. The van der Waals surface area contributed by atoms with Crippen molar-refractivity contribution in [1.29, 1.82) is 0 Å². The third kappa shape index (κ3) is 1.77. The van der Waals surface area contributed by atoms with Gasteiger partial charge in [-0.3, -0.25) is 0 Å². The van der Waals surface area contributed by atoms with Crippen LogP contribution in [0.3, 0.4) is 0 Å². The highest BCUT2D eigenvalue weighted by Crippen LogP contribution is 2.36. The molecule has 0 aliphatic heterocycles. The highest BCUT2D eigenvalue weighted by Gasteiger charge is 2.37. The van der Waals surface area contributed by atoms with Gasteiger partial charge >= 0.3 is 0 Å². The van der Waals surface area contributed by atoms with Crippen molar-refractivity contribution in [2.45, 2.75) is 31.2 Å². The van der Waals surface area contributed by atoms with Crippen LogP contribution < -0.4 is 5.73 Å². The Hall–Kier alpha value is -1.28. The van der Waals surface area contributed by atoms with E-state index in [1.807, 2.05) is 6.20 Å². The van der Waals surface area contributed by atoms with Crippen molar-refractivity contribution in [3.63, 3.8) is 0 Å². The van der Waals surface area contributed by atoms with E-state index in [0.717, 1.165) is 12.8 Å². The zero-order chi connectivity index (χ0) is 10.3. The largest absolute Gasteiger partial charge is 0.361 e. The van der Waals surface area contributed by atoms with Gasteiger partial charge in [0.15, 0.2) is 0 Å². The van der Waals surface area contributed by atoms with Crippen LogP contribution in [0.25, 0.3) is 10.9 Å². The van der Waals surface area contributed by atoms with Gasteiger partial charge in [-0.2, -0.15) is 0 Å². The molecule has 2 nitrogen and oxygen atoms in total. The number of H-pyrrole nitrogens is 1. The summed E-state index contributed by atoms with van der Waals surface area (Å²) in [5.74, 6) is 0. The predicted octanol–water partition coefficient (Wildman–Crippen LogP) is 2.59. The van der Waals surface area contributed by atoms with E-state index in [2.05, 4.69) is 29.2 Å². The lowest BCUT2D eigenvalue weighted by molar-refractivity contribution is 0.609. The zero-order valence-electron chi connectivity index (χ0n) is 8.79. The minimum absolute atomic E-state index is 0.171. The fraction of sp³-hybridized carbons (Fsp3) is 0.385. The summed E-state index contributed by atoms with van der Waals surface area (Å²) in [4.78, 5) is 3.24. The number of hydrogen-bond acceptors (Lipinski definition) is 1. The third-order valence-corrected chi connectivity index (χ3v) is 3.42. The van der Waals surface area contributed by atoms with Crippen molar-refractivity contribution in [1.82, 2.24) is 4.98 Å². The van der Waals surface area contributed by atoms with Gasteiger partial charge in [0.25, 0.3) is 0 Å². The van der Waals surface area contributed by atoms with E-state index in [0.29, 0.717) is 0 Å². The van der Waals surface area contributed by atoms with E-state index >= 15 is 0 Å². The molecule has 0 atom stereocenters. The highest BCUT2D eigenvalue weighted by atomic mass is 14.8. The van der Waals surface area contributed by atoms with Crippen molar-refractivity contribution in [2.75, 3.05) is 0 Å². The molecule has 0 bridgehead atoms. The predicted molar refractivity (Wildman–Crippen MR) is 62.8 cm³/mol. The Labute approximate surface area is 89.5 Å². The molecule has 0 spiro atoms. The minimum atomic E-state index is 0.171. The smallest absolute Gasteiger partial charge is 0.0456 e. The lowest BCUT2D eigenvalue weighted by atomic mass is 10.0. The molecule has 0 amide bonds. The van der Waals surface area contributed by atoms with Crippen molar-refractivity contribution in [3.05, 3.63) is 36.0 Å². The number of aromatic amines is 1. The van der Waals surface area contributed by atoms with Gasteiger partial charge in [-0.15, -0.1) is 0 Å². The molecule has 3 N–H and O–H groups in total. The molecule has 1 fully saturated rings. The van der Waals surface area contributed by atoms with Crippen LogP contribution in [-0.4, -0.2) is 10.5 Å². The molecule has 2 heteroatoms. The fourth-order valence-electron chi connectivity index (χ4n) is 2.05. The molecule has 1 aliphatic rings. The van der Waals surface area contributed by atoms with Gasteiger partial charge in [0.2, 0.25) is 0 Å². The first-order chi connectivity index (χ1) is 7.25. The van der Waals surface area contributed by atoms with Crippen molar-refractivity contribution in [2.24, 2.45) is 5.73 Å². The van der Waals surface area contributed by atoms with Crippen LogP contribution >= 0.6 is 0 Å². The highest BCUT2D eigenvalue weighted by molar-refractivity contribution is 5.79. The Bertz CT molecular complexity index is 480. The van der Waals surface area contributed by atoms with Crippen LogP contribution in [0.2, 0.25) is 0 Å². The quantitative estimate of drug-likeness (QED) is 0.785. The van der Waals surface area contributed by atoms with Gasteiger partial charge in [-0.25, -0.2) is 0 Å². The van der Waals surface area contributed by atoms with Crippen LogP contribution in [-0.2, 0) is 6.42 Å². The lowest BCUT2D eigenvalue weighted by Crippen LogP contribution is -2.22. The van der Waals surface area contributed by atoms with E-state index in [1.54, 1.807) is 0 Å². The van der Waals surface area contributed by atoms with Crippen molar-refractivity contribution in [3.8, 4) is 0 Å². The monoisotopic (exact) mass is 200 g/mol. The number of nitrogens with one attached hydrogen (secondary N) is 1. The fourth-order valence-corrected chi connectivity index (χ4v) is 2.05. The molecule has 1 saturated carbocycles. The summed E-state index contributed by atoms with van der Waals surface area (Å²) in [6.07, 6.45) is 6.62. The Morgan fingerprint density at radius 2 is 2.13 bits per heavy atom. The number of aromatic nitrogens is 1. The van der Waals surface area contributed by atoms with E-state index in [-0.39, 0.29) is 5.54 Å². The Morgan fingerprint density at radius 1 is 1.27 bits per heavy atom. The molecule has 1 aromatic heterocycles. The summed E-state index contributed by atoms with van der Waals surface area (Å²) in [5.41, 5.74) is 8.87. The Balaban J connectivity index is 1.78. The number of aryl methyl sites for hydroxylation is 1. The standard InChI is InChI=1S/C13H16N2/c14-13(6-7-13)5-3-10-1-2-11-4-8-15-12(11)9-10/h1-2,4,8-9,15H,3,5-7,14H2. The molecule has 2 aromatic rings. The molecule has 15 heavy (non-hydrogen) atoms. The maximum atomic E-state index is 6.08.